The highest BCUT2D eigenvalue weighted by atomic mass is 32.1. The fraction of sp³-hybridized carbons (Fsp3) is 0.200. The highest BCUT2D eigenvalue weighted by Gasteiger charge is 2.05. The second kappa shape index (κ2) is 3.38. The predicted octanol–water partition coefficient (Wildman–Crippen LogP) is 2.46. The fourth-order valence-electron chi connectivity index (χ4n) is 1.41. The minimum Gasteiger partial charge on any atom is -0.494 e. The monoisotopic (exact) mass is 208 g/mol. The van der Waals surface area contributed by atoms with Crippen LogP contribution in [0.4, 0.5) is 10.7 Å². The molecule has 0 unspecified atom stereocenters. The molecule has 0 fully saturated rings. The molecule has 3 nitrogen and oxygen atoms in total. The Balaban J connectivity index is 2.59. The number of nitrogens with two attached hydrogens (primary N) is 2. The van der Waals surface area contributed by atoms with Gasteiger partial charge in [-0.2, -0.15) is 0 Å². The molecule has 0 atom stereocenters. The molecule has 0 spiro atoms. The van der Waals surface area contributed by atoms with Gasteiger partial charge < -0.3 is 16.2 Å². The van der Waals surface area contributed by atoms with Crippen LogP contribution in [-0.2, 0) is 0 Å². The summed E-state index contributed by atoms with van der Waals surface area (Å²) in [4.78, 5) is 0. The standard InChI is InChI=1S/C10H12N2OS/c1-2-13-6-3-8(11)7-5-10(12)14-9(7)4-6/h3-5H,2,11-12H2,1H3. The number of benzene rings is 1. The van der Waals surface area contributed by atoms with Gasteiger partial charge in [0.25, 0.3) is 0 Å². The van der Waals surface area contributed by atoms with E-state index in [0.717, 1.165) is 26.5 Å². The molecule has 0 bridgehead atoms. The van der Waals surface area contributed by atoms with Crippen LogP contribution < -0.4 is 16.2 Å². The second-order valence-corrected chi connectivity index (χ2v) is 4.12. The number of rotatable bonds is 2. The number of anilines is 2. The van der Waals surface area contributed by atoms with Gasteiger partial charge in [-0.05, 0) is 19.1 Å². The van der Waals surface area contributed by atoms with E-state index in [1.807, 2.05) is 25.1 Å². The van der Waals surface area contributed by atoms with Crippen molar-refractivity contribution < 1.29 is 4.74 Å². The SMILES string of the molecule is CCOc1cc(N)c2cc(N)sc2c1. The molecule has 0 saturated heterocycles. The van der Waals surface area contributed by atoms with Crippen LogP contribution in [0.2, 0.25) is 0 Å². The van der Waals surface area contributed by atoms with Crippen LogP contribution in [-0.4, -0.2) is 6.61 Å². The molecule has 4 heteroatoms. The number of hydrogen-bond donors (Lipinski definition) is 2. The van der Waals surface area contributed by atoms with Crippen LogP contribution in [0.5, 0.6) is 5.75 Å². The summed E-state index contributed by atoms with van der Waals surface area (Å²) < 4.78 is 6.46. The van der Waals surface area contributed by atoms with Gasteiger partial charge in [0.05, 0.1) is 11.6 Å². The third-order valence-corrected chi connectivity index (χ3v) is 2.88. The summed E-state index contributed by atoms with van der Waals surface area (Å²) in [6.45, 7) is 2.59. The molecule has 74 valence electrons. The van der Waals surface area contributed by atoms with Crippen LogP contribution in [0.1, 0.15) is 6.92 Å². The van der Waals surface area contributed by atoms with Crippen LogP contribution in [0.25, 0.3) is 10.1 Å². The quantitative estimate of drug-likeness (QED) is 0.745. The van der Waals surface area contributed by atoms with E-state index in [-0.39, 0.29) is 0 Å². The molecule has 2 aromatic rings. The molecule has 4 N–H and O–H groups in total. The molecule has 1 heterocycles. The van der Waals surface area contributed by atoms with E-state index < -0.39 is 0 Å². The third kappa shape index (κ3) is 1.48. The molecular formula is C10H12N2OS. The summed E-state index contributed by atoms with van der Waals surface area (Å²) in [7, 11) is 0. The molecular weight excluding hydrogens is 196 g/mol. The molecule has 0 aliphatic carbocycles. The van der Waals surface area contributed by atoms with Gasteiger partial charge in [0.15, 0.2) is 0 Å². The molecule has 1 aromatic heterocycles. The van der Waals surface area contributed by atoms with Crippen molar-refractivity contribution in [3.63, 3.8) is 0 Å². The summed E-state index contributed by atoms with van der Waals surface area (Å²) in [5.74, 6) is 0.805. The summed E-state index contributed by atoms with van der Waals surface area (Å²) in [6.07, 6.45) is 0. The topological polar surface area (TPSA) is 61.3 Å². The van der Waals surface area contributed by atoms with Crippen LogP contribution in [0.3, 0.4) is 0 Å². The molecule has 1 aromatic carbocycles. The Bertz CT molecular complexity index is 464. The van der Waals surface area contributed by atoms with E-state index in [2.05, 4.69) is 0 Å². The Morgan fingerprint density at radius 1 is 1.29 bits per heavy atom. The van der Waals surface area contributed by atoms with E-state index in [1.54, 1.807) is 0 Å². The van der Waals surface area contributed by atoms with Crippen LogP contribution >= 0.6 is 11.3 Å². The third-order valence-electron chi connectivity index (χ3n) is 1.97. The maximum absolute atomic E-state index is 5.87. The van der Waals surface area contributed by atoms with Gasteiger partial charge in [-0.1, -0.05) is 0 Å². The van der Waals surface area contributed by atoms with Crippen molar-refractivity contribution in [3.05, 3.63) is 18.2 Å². The Labute approximate surface area is 86.3 Å². The van der Waals surface area contributed by atoms with Gasteiger partial charge in [0, 0.05) is 21.8 Å². The van der Waals surface area contributed by atoms with Crippen molar-refractivity contribution >= 4 is 32.1 Å². The Morgan fingerprint density at radius 3 is 2.79 bits per heavy atom. The van der Waals surface area contributed by atoms with Crippen molar-refractivity contribution in [2.45, 2.75) is 6.92 Å². The summed E-state index contributed by atoms with van der Waals surface area (Å²) >= 11 is 1.52. The van der Waals surface area contributed by atoms with Crippen molar-refractivity contribution in [2.24, 2.45) is 0 Å². The first-order valence-corrected chi connectivity index (χ1v) is 5.23. The zero-order chi connectivity index (χ0) is 10.1. The lowest BCUT2D eigenvalue weighted by atomic mass is 10.2. The normalized spacial score (nSPS) is 10.6. The Morgan fingerprint density at radius 2 is 2.07 bits per heavy atom. The molecule has 0 aliphatic heterocycles. The van der Waals surface area contributed by atoms with Crippen molar-refractivity contribution in [2.75, 3.05) is 18.1 Å². The highest BCUT2D eigenvalue weighted by molar-refractivity contribution is 7.22. The Hall–Kier alpha value is -1.42. The maximum Gasteiger partial charge on any atom is 0.122 e. The lowest BCUT2D eigenvalue weighted by molar-refractivity contribution is 0.341. The fourth-order valence-corrected chi connectivity index (χ4v) is 2.30. The van der Waals surface area contributed by atoms with Gasteiger partial charge in [-0.3, -0.25) is 0 Å². The molecule has 0 saturated carbocycles. The Kier molecular flexibility index (Phi) is 2.21. The van der Waals surface area contributed by atoms with E-state index in [0.29, 0.717) is 6.61 Å². The van der Waals surface area contributed by atoms with E-state index >= 15 is 0 Å². The lowest BCUT2D eigenvalue weighted by Gasteiger charge is -2.04. The smallest absolute Gasteiger partial charge is 0.122 e. The molecule has 2 rings (SSSR count). The van der Waals surface area contributed by atoms with E-state index in [9.17, 15) is 0 Å². The maximum atomic E-state index is 5.87. The number of hydrogen-bond acceptors (Lipinski definition) is 4. The van der Waals surface area contributed by atoms with Crippen molar-refractivity contribution in [3.8, 4) is 5.75 Å². The van der Waals surface area contributed by atoms with Gasteiger partial charge in [0.1, 0.15) is 5.75 Å². The van der Waals surface area contributed by atoms with Gasteiger partial charge in [-0.25, -0.2) is 0 Å². The average molecular weight is 208 g/mol. The highest BCUT2D eigenvalue weighted by Crippen LogP contribution is 2.34. The van der Waals surface area contributed by atoms with Crippen molar-refractivity contribution in [1.82, 2.24) is 0 Å². The first-order chi connectivity index (χ1) is 6.70. The molecule has 0 amide bonds. The van der Waals surface area contributed by atoms with E-state index in [4.69, 9.17) is 16.2 Å². The summed E-state index contributed by atoms with van der Waals surface area (Å²) in [5.41, 5.74) is 12.3. The van der Waals surface area contributed by atoms with E-state index in [1.165, 1.54) is 11.3 Å². The predicted molar refractivity (Wildman–Crippen MR) is 61.8 cm³/mol. The van der Waals surface area contributed by atoms with Crippen molar-refractivity contribution in [1.29, 1.82) is 0 Å². The number of thiophene rings is 1. The first kappa shape index (κ1) is 9.15. The molecule has 0 radical (unpaired) electrons. The number of nitrogen functional groups attached to an aromatic ring is 2. The minimum atomic E-state index is 0.645. The zero-order valence-electron chi connectivity index (χ0n) is 7.91. The minimum absolute atomic E-state index is 0.645. The van der Waals surface area contributed by atoms with Crippen LogP contribution in [0, 0.1) is 0 Å². The van der Waals surface area contributed by atoms with Gasteiger partial charge in [0.2, 0.25) is 0 Å². The zero-order valence-corrected chi connectivity index (χ0v) is 8.73. The van der Waals surface area contributed by atoms with Crippen LogP contribution in [0.15, 0.2) is 18.2 Å². The van der Waals surface area contributed by atoms with Gasteiger partial charge in [-0.15, -0.1) is 11.3 Å². The second-order valence-electron chi connectivity index (χ2n) is 3.01. The molecule has 14 heavy (non-hydrogen) atoms. The molecule has 0 aliphatic rings. The largest absolute Gasteiger partial charge is 0.494 e. The van der Waals surface area contributed by atoms with Gasteiger partial charge >= 0.3 is 0 Å². The number of fused-ring (bicyclic) bond motifs is 1. The summed E-state index contributed by atoms with van der Waals surface area (Å²) in [5, 5.41) is 1.79. The lowest BCUT2D eigenvalue weighted by Crippen LogP contribution is -1.93. The number of ether oxygens (including phenoxy) is 1. The average Bonchev–Trinajstić information content (AvgIpc) is 2.47. The first-order valence-electron chi connectivity index (χ1n) is 4.42. The summed E-state index contributed by atoms with van der Waals surface area (Å²) in [6, 6.07) is 5.69.